The standard InChI is InChI=1S/C32H30N6O11S/c1-32(2)26(30(42)48-16-19-8-12-22(13-9-19)37(44)45)35-28(41)24(29(35)50-32)34-27(40)25(21-6-4-3-5-7-21)36(33-18-39)31(43)49-17-20-10-14-23(15-11-20)38(46)47/h3-15,18,24-26,29H,16-17H2,1-2H3,(H,33,39)(H,34,40)/t24-,25-,26+,29-/m1/s1. The SMILES string of the molecule is CC1(C)S[C@@H]2[C@H](NC(=O)[C@@H](c3ccccc3)N(NC=O)C(=O)OCc3ccc([N+](=O)[O-])cc3)C(=O)N2[C@H]1C(=O)OCc1ccc([N+](=O)[O-])cc1. The van der Waals surface area contributed by atoms with E-state index >= 15 is 0 Å². The maximum atomic E-state index is 13.9. The molecule has 5 rings (SSSR count). The molecule has 2 aliphatic rings. The average molecular weight is 707 g/mol. The lowest BCUT2D eigenvalue weighted by Crippen LogP contribution is -2.71. The summed E-state index contributed by atoms with van der Waals surface area (Å²) in [5, 5.41) is 24.5. The maximum absolute atomic E-state index is 13.9. The van der Waals surface area contributed by atoms with E-state index < -0.39 is 62.0 Å². The largest absolute Gasteiger partial charge is 0.459 e. The molecule has 3 aromatic rings. The summed E-state index contributed by atoms with van der Waals surface area (Å²) in [6, 6.07) is 15.1. The van der Waals surface area contributed by atoms with E-state index in [1.807, 2.05) is 0 Å². The van der Waals surface area contributed by atoms with Crippen LogP contribution in [0.3, 0.4) is 0 Å². The van der Waals surface area contributed by atoms with E-state index in [2.05, 4.69) is 10.7 Å². The Kier molecular flexibility index (Phi) is 10.3. The van der Waals surface area contributed by atoms with Crippen molar-refractivity contribution in [3.8, 4) is 0 Å². The van der Waals surface area contributed by atoms with Crippen LogP contribution in [0.2, 0.25) is 0 Å². The number of carbonyl (C=O) groups is 5. The molecular formula is C32H30N6O11S. The number of nitro benzene ring substituents is 2. The van der Waals surface area contributed by atoms with Crippen LogP contribution in [0.25, 0.3) is 0 Å². The number of rotatable bonds is 13. The molecule has 0 aliphatic carbocycles. The van der Waals surface area contributed by atoms with Crippen molar-refractivity contribution in [3.05, 3.63) is 116 Å². The molecule has 2 N–H and O–H groups in total. The van der Waals surface area contributed by atoms with Gasteiger partial charge in [-0.25, -0.2) is 14.6 Å². The second-order valence-corrected chi connectivity index (χ2v) is 13.5. The first kappa shape index (κ1) is 35.3. The summed E-state index contributed by atoms with van der Waals surface area (Å²) in [6.45, 7) is 2.98. The summed E-state index contributed by atoms with van der Waals surface area (Å²) in [7, 11) is 0. The van der Waals surface area contributed by atoms with Crippen LogP contribution in [0.4, 0.5) is 16.2 Å². The van der Waals surface area contributed by atoms with Crippen LogP contribution in [-0.4, -0.2) is 72.2 Å². The summed E-state index contributed by atoms with van der Waals surface area (Å²) in [5.41, 5.74) is 3.09. The number of benzene rings is 3. The topological polar surface area (TPSA) is 221 Å². The molecule has 4 atom stereocenters. The number of non-ortho nitro benzene ring substituents is 2. The highest BCUT2D eigenvalue weighted by Gasteiger charge is 2.64. The van der Waals surface area contributed by atoms with E-state index in [9.17, 15) is 44.2 Å². The first-order chi connectivity index (χ1) is 23.8. The van der Waals surface area contributed by atoms with Crippen LogP contribution < -0.4 is 10.7 Å². The lowest BCUT2D eigenvalue weighted by molar-refractivity contribution is -0.385. The monoisotopic (exact) mass is 706 g/mol. The van der Waals surface area contributed by atoms with E-state index in [4.69, 9.17) is 9.47 Å². The molecule has 260 valence electrons. The van der Waals surface area contributed by atoms with Gasteiger partial charge in [0.25, 0.3) is 11.4 Å². The van der Waals surface area contributed by atoms with E-state index in [0.29, 0.717) is 16.1 Å². The van der Waals surface area contributed by atoms with Crippen LogP contribution in [0.1, 0.15) is 36.6 Å². The number of hydrazine groups is 1. The van der Waals surface area contributed by atoms with Crippen molar-refractivity contribution in [3.63, 3.8) is 0 Å². The van der Waals surface area contributed by atoms with Gasteiger partial charge in [0.05, 0.1) is 9.85 Å². The zero-order chi connectivity index (χ0) is 36.2. The average Bonchev–Trinajstić information content (AvgIpc) is 3.36. The van der Waals surface area contributed by atoms with Crippen LogP contribution in [0.5, 0.6) is 0 Å². The quantitative estimate of drug-likeness (QED) is 0.0861. The lowest BCUT2D eigenvalue weighted by Gasteiger charge is -2.44. The number of β-lactam (4-membered cyclic amide) rings is 1. The zero-order valence-electron chi connectivity index (χ0n) is 26.5. The van der Waals surface area contributed by atoms with Gasteiger partial charge in [-0.15, -0.1) is 11.8 Å². The highest BCUT2D eigenvalue weighted by molar-refractivity contribution is 8.01. The Morgan fingerprint density at radius 1 is 0.920 bits per heavy atom. The predicted octanol–water partition coefficient (Wildman–Crippen LogP) is 3.13. The van der Waals surface area contributed by atoms with Crippen LogP contribution in [-0.2, 0) is 41.9 Å². The van der Waals surface area contributed by atoms with E-state index in [-0.39, 0.29) is 36.6 Å². The lowest BCUT2D eigenvalue weighted by atomic mass is 9.95. The molecule has 18 heteroatoms. The molecule has 0 unspecified atom stereocenters. The molecule has 2 heterocycles. The number of fused-ring (bicyclic) bond motifs is 1. The van der Waals surface area contributed by atoms with Gasteiger partial charge >= 0.3 is 12.1 Å². The van der Waals surface area contributed by atoms with Gasteiger partial charge in [-0.05, 0) is 54.8 Å². The van der Waals surface area contributed by atoms with Crippen LogP contribution in [0.15, 0.2) is 78.9 Å². The third-order valence-corrected chi connectivity index (χ3v) is 9.58. The van der Waals surface area contributed by atoms with Crippen molar-refractivity contribution in [1.29, 1.82) is 0 Å². The number of thioether (sulfide) groups is 1. The third-order valence-electron chi connectivity index (χ3n) is 8.01. The number of esters is 1. The van der Waals surface area contributed by atoms with Gasteiger partial charge in [0.2, 0.25) is 18.2 Å². The van der Waals surface area contributed by atoms with Crippen LogP contribution >= 0.6 is 11.8 Å². The minimum absolute atomic E-state index is 0.116. The van der Waals surface area contributed by atoms with Crippen molar-refractivity contribution in [2.45, 2.75) is 55.3 Å². The maximum Gasteiger partial charge on any atom is 0.430 e. The Balaban J connectivity index is 1.28. The molecule has 0 bridgehead atoms. The second kappa shape index (κ2) is 14.6. The van der Waals surface area contributed by atoms with Gasteiger partial charge < -0.3 is 19.7 Å². The fourth-order valence-electron chi connectivity index (χ4n) is 5.58. The molecule has 0 saturated carbocycles. The van der Waals surface area contributed by atoms with E-state index in [0.717, 1.165) is 0 Å². The number of hydrogen-bond donors (Lipinski definition) is 2. The molecule has 3 aromatic carbocycles. The van der Waals surface area contributed by atoms with Gasteiger partial charge in [0, 0.05) is 29.0 Å². The molecule has 0 aromatic heterocycles. The third kappa shape index (κ3) is 7.34. The summed E-state index contributed by atoms with van der Waals surface area (Å²) in [5.74, 6) is -2.10. The van der Waals surface area contributed by atoms with E-state index in [1.54, 1.807) is 32.0 Å². The number of nitrogens with one attached hydrogen (secondary N) is 2. The highest BCUT2D eigenvalue weighted by atomic mass is 32.2. The molecule has 0 radical (unpaired) electrons. The Labute approximate surface area is 288 Å². The highest BCUT2D eigenvalue weighted by Crippen LogP contribution is 2.51. The molecular weight excluding hydrogens is 676 g/mol. The van der Waals surface area contributed by atoms with Crippen molar-refractivity contribution < 1.29 is 43.3 Å². The smallest absolute Gasteiger partial charge is 0.430 e. The van der Waals surface area contributed by atoms with E-state index in [1.165, 1.54) is 77.3 Å². The van der Waals surface area contributed by atoms with Gasteiger partial charge in [0.15, 0.2) is 6.04 Å². The molecule has 2 aliphatic heterocycles. The Morgan fingerprint density at radius 3 is 1.98 bits per heavy atom. The molecule has 50 heavy (non-hydrogen) atoms. The number of nitro groups is 2. The predicted molar refractivity (Wildman–Crippen MR) is 174 cm³/mol. The molecule has 4 amide bonds. The van der Waals surface area contributed by atoms with Crippen LogP contribution in [0, 0.1) is 20.2 Å². The van der Waals surface area contributed by atoms with Crippen molar-refractivity contribution in [2.75, 3.05) is 0 Å². The number of amides is 4. The number of nitrogens with zero attached hydrogens (tertiary/aromatic N) is 4. The number of hydrogen-bond acceptors (Lipinski definition) is 12. The summed E-state index contributed by atoms with van der Waals surface area (Å²) in [6.07, 6.45) is -0.956. The fourth-order valence-corrected chi connectivity index (χ4v) is 7.20. The minimum Gasteiger partial charge on any atom is -0.459 e. The normalized spacial score (nSPS) is 19.2. The first-order valence-corrected chi connectivity index (χ1v) is 15.8. The fraction of sp³-hybridized carbons (Fsp3) is 0.281. The second-order valence-electron chi connectivity index (χ2n) is 11.7. The zero-order valence-corrected chi connectivity index (χ0v) is 27.3. The van der Waals surface area contributed by atoms with Gasteiger partial charge in [-0.1, -0.05) is 30.3 Å². The van der Waals surface area contributed by atoms with Crippen molar-refractivity contribution in [1.82, 2.24) is 20.7 Å². The number of carbonyl (C=O) groups excluding carboxylic acids is 5. The molecule has 2 fully saturated rings. The van der Waals surface area contributed by atoms with Crippen molar-refractivity contribution >= 4 is 53.4 Å². The molecule has 2 saturated heterocycles. The summed E-state index contributed by atoms with van der Waals surface area (Å²) in [4.78, 5) is 87.6. The Hall–Kier alpha value is -6.04. The summed E-state index contributed by atoms with van der Waals surface area (Å²) < 4.78 is 9.97. The summed E-state index contributed by atoms with van der Waals surface area (Å²) >= 11 is 1.27. The minimum atomic E-state index is -1.51. The van der Waals surface area contributed by atoms with Gasteiger partial charge in [-0.2, -0.15) is 0 Å². The Bertz CT molecular complexity index is 1810. The van der Waals surface area contributed by atoms with Gasteiger partial charge in [0.1, 0.15) is 30.7 Å². The Morgan fingerprint density at radius 2 is 1.46 bits per heavy atom. The number of ether oxygens (including phenoxy) is 2. The first-order valence-electron chi connectivity index (χ1n) is 15.0. The molecule has 17 nitrogen and oxygen atoms in total. The van der Waals surface area contributed by atoms with Gasteiger partial charge in [-0.3, -0.25) is 40.0 Å². The van der Waals surface area contributed by atoms with Crippen molar-refractivity contribution in [2.24, 2.45) is 0 Å². The molecule has 0 spiro atoms.